The largest absolute Gasteiger partial charge is 0.446 e. The number of carbonyl (C=O) groups is 2. The monoisotopic (exact) mass is 389 g/mol. The molecule has 0 saturated heterocycles. The number of ether oxygens (including phenoxy) is 1. The number of nitrogens with zero attached hydrogens (tertiary/aromatic N) is 2. The summed E-state index contributed by atoms with van der Waals surface area (Å²) >= 11 is 0. The summed E-state index contributed by atoms with van der Waals surface area (Å²) in [4.78, 5) is 35.6. The Morgan fingerprint density at radius 3 is 2.21 bits per heavy atom. The van der Waals surface area contributed by atoms with Crippen LogP contribution in [0, 0.1) is 11.6 Å². The highest BCUT2D eigenvalue weighted by Crippen LogP contribution is 2.19. The van der Waals surface area contributed by atoms with Gasteiger partial charge in [-0.15, -0.1) is 5.10 Å². The maximum Gasteiger partial charge on any atom is 0.437 e. The summed E-state index contributed by atoms with van der Waals surface area (Å²) in [5.74, 6) is -4.06. The first-order chi connectivity index (χ1) is 13.3. The van der Waals surface area contributed by atoms with Gasteiger partial charge in [0.2, 0.25) is 12.0 Å². The molecule has 0 radical (unpaired) electrons. The first-order valence-electron chi connectivity index (χ1n) is 7.91. The molecule has 28 heavy (non-hydrogen) atoms. The molecule has 1 aromatic heterocycles. The third kappa shape index (κ3) is 4.29. The second kappa shape index (κ2) is 7.82. The molecule has 8 nitrogen and oxygen atoms in total. The Labute approximate surface area is 156 Å². The summed E-state index contributed by atoms with van der Waals surface area (Å²) in [6.45, 7) is -0.658. The maximum atomic E-state index is 13.0. The van der Waals surface area contributed by atoms with Crippen LogP contribution in [-0.2, 0) is 20.9 Å². The topological polar surface area (TPSA) is 117 Å². The van der Waals surface area contributed by atoms with Gasteiger partial charge in [0.1, 0.15) is 18.2 Å². The predicted molar refractivity (Wildman–Crippen MR) is 90.6 cm³/mol. The van der Waals surface area contributed by atoms with Crippen molar-refractivity contribution in [1.82, 2.24) is 9.78 Å². The third-order valence-corrected chi connectivity index (χ3v) is 3.66. The zero-order valence-electron chi connectivity index (χ0n) is 14.2. The Kier molecular flexibility index (Phi) is 5.30. The zero-order chi connectivity index (χ0) is 20.3. The Morgan fingerprint density at radius 2 is 1.64 bits per heavy atom. The van der Waals surface area contributed by atoms with Crippen LogP contribution < -0.4 is 11.5 Å². The number of carbonyl (C=O) groups excluding carboxylic acids is 2. The lowest BCUT2D eigenvalue weighted by molar-refractivity contribution is -0.156. The molecular formula is C18H13F2N3O5. The molecule has 0 aliphatic rings. The lowest BCUT2D eigenvalue weighted by atomic mass is 10.1. The summed E-state index contributed by atoms with van der Waals surface area (Å²) in [5.41, 5.74) is 5.72. The lowest BCUT2D eigenvalue weighted by Crippen LogP contribution is -2.29. The van der Waals surface area contributed by atoms with E-state index in [0.717, 1.165) is 24.3 Å². The number of amides is 1. The van der Waals surface area contributed by atoms with Crippen LogP contribution in [0.5, 0.6) is 0 Å². The summed E-state index contributed by atoms with van der Waals surface area (Å²) in [7, 11) is 0. The van der Waals surface area contributed by atoms with Crippen molar-refractivity contribution in [3.8, 4) is 11.5 Å². The normalized spacial score (nSPS) is 11.8. The Bertz CT molecular complexity index is 1060. The van der Waals surface area contributed by atoms with Crippen molar-refractivity contribution >= 4 is 11.9 Å². The number of nitrogens with two attached hydrogens (primary N) is 1. The summed E-state index contributed by atoms with van der Waals surface area (Å²) in [6, 6.07) is 9.65. The molecule has 0 saturated carbocycles. The Hall–Kier alpha value is -3.82. The van der Waals surface area contributed by atoms with Crippen molar-refractivity contribution in [1.29, 1.82) is 0 Å². The van der Waals surface area contributed by atoms with Gasteiger partial charge in [-0.25, -0.2) is 13.6 Å². The van der Waals surface area contributed by atoms with Crippen molar-refractivity contribution in [3.05, 3.63) is 76.3 Å². The average molecular weight is 389 g/mol. The van der Waals surface area contributed by atoms with Gasteiger partial charge < -0.3 is 14.9 Å². The van der Waals surface area contributed by atoms with Gasteiger partial charge >= 0.3 is 11.7 Å². The van der Waals surface area contributed by atoms with E-state index in [9.17, 15) is 23.2 Å². The van der Waals surface area contributed by atoms with Gasteiger partial charge in [0.25, 0.3) is 5.91 Å². The molecule has 0 fully saturated rings. The number of benzene rings is 2. The smallest absolute Gasteiger partial charge is 0.437 e. The van der Waals surface area contributed by atoms with Crippen molar-refractivity contribution in [2.45, 2.75) is 12.6 Å². The number of primary amides is 1. The van der Waals surface area contributed by atoms with Crippen molar-refractivity contribution in [2.75, 3.05) is 0 Å². The fraction of sp³-hybridized carbons (Fsp3) is 0.111. The van der Waals surface area contributed by atoms with Crippen LogP contribution in [0.25, 0.3) is 11.5 Å². The van der Waals surface area contributed by atoms with E-state index in [4.69, 9.17) is 14.9 Å². The number of hydrogen-bond donors (Lipinski definition) is 1. The molecular weight excluding hydrogens is 376 g/mol. The fourth-order valence-corrected chi connectivity index (χ4v) is 2.33. The van der Waals surface area contributed by atoms with Crippen LogP contribution >= 0.6 is 0 Å². The molecule has 0 aliphatic heterocycles. The molecule has 0 bridgehead atoms. The summed E-state index contributed by atoms with van der Waals surface area (Å²) < 4.78 is 36.6. The average Bonchev–Trinajstić information content (AvgIpc) is 3.01. The highest BCUT2D eigenvalue weighted by Gasteiger charge is 2.24. The highest BCUT2D eigenvalue weighted by atomic mass is 19.1. The molecule has 1 heterocycles. The van der Waals surface area contributed by atoms with E-state index in [1.807, 2.05) is 0 Å². The molecule has 1 amide bonds. The van der Waals surface area contributed by atoms with Gasteiger partial charge in [0, 0.05) is 11.1 Å². The van der Waals surface area contributed by atoms with Gasteiger partial charge in [0.15, 0.2) is 0 Å². The minimum atomic E-state index is -1.47. The molecule has 10 heteroatoms. The number of aromatic nitrogens is 2. The van der Waals surface area contributed by atoms with Crippen LogP contribution in [0.4, 0.5) is 8.78 Å². The first-order valence-corrected chi connectivity index (χ1v) is 7.91. The van der Waals surface area contributed by atoms with Crippen molar-refractivity contribution in [2.24, 2.45) is 5.73 Å². The van der Waals surface area contributed by atoms with Crippen LogP contribution in [0.1, 0.15) is 11.7 Å². The molecule has 1 unspecified atom stereocenters. The highest BCUT2D eigenvalue weighted by molar-refractivity contribution is 5.83. The summed E-state index contributed by atoms with van der Waals surface area (Å²) in [5, 5.41) is 3.83. The van der Waals surface area contributed by atoms with Crippen LogP contribution in [0.2, 0.25) is 0 Å². The minimum absolute atomic E-state index is 0.122. The molecule has 2 N–H and O–H groups in total. The minimum Gasteiger partial charge on any atom is -0.446 e. The predicted octanol–water partition coefficient (Wildman–Crippen LogP) is 1.55. The molecule has 144 valence electrons. The van der Waals surface area contributed by atoms with Gasteiger partial charge in [-0.3, -0.25) is 9.59 Å². The lowest BCUT2D eigenvalue weighted by Gasteiger charge is -2.14. The van der Waals surface area contributed by atoms with Crippen LogP contribution in [-0.4, -0.2) is 21.7 Å². The van der Waals surface area contributed by atoms with Crippen molar-refractivity contribution < 1.29 is 27.5 Å². The van der Waals surface area contributed by atoms with Gasteiger partial charge in [-0.2, -0.15) is 4.68 Å². The van der Waals surface area contributed by atoms with Gasteiger partial charge in [-0.1, -0.05) is 12.1 Å². The maximum absolute atomic E-state index is 13.0. The second-order valence-corrected chi connectivity index (χ2v) is 5.66. The SMILES string of the molecule is NC(=O)C(OC(=O)Cn1nc(-c2ccc(F)cc2)oc1=O)c1ccc(F)cc1. The number of hydrogen-bond acceptors (Lipinski definition) is 6. The molecule has 3 aromatic rings. The molecule has 1 atom stereocenters. The fourth-order valence-electron chi connectivity index (χ4n) is 2.33. The van der Waals surface area contributed by atoms with Crippen LogP contribution in [0.3, 0.4) is 0 Å². The van der Waals surface area contributed by atoms with Gasteiger partial charge in [0.05, 0.1) is 0 Å². The molecule has 2 aromatic carbocycles. The van der Waals surface area contributed by atoms with E-state index >= 15 is 0 Å². The molecule has 0 spiro atoms. The van der Waals surface area contributed by atoms with E-state index in [-0.39, 0.29) is 11.5 Å². The van der Waals surface area contributed by atoms with Gasteiger partial charge in [-0.05, 0) is 36.4 Å². The van der Waals surface area contributed by atoms with Crippen molar-refractivity contribution in [3.63, 3.8) is 0 Å². The van der Waals surface area contributed by atoms with E-state index in [0.29, 0.717) is 10.2 Å². The van der Waals surface area contributed by atoms with E-state index in [1.54, 1.807) is 0 Å². The van der Waals surface area contributed by atoms with E-state index in [2.05, 4.69) is 5.10 Å². The third-order valence-electron chi connectivity index (χ3n) is 3.66. The number of rotatable bonds is 6. The quantitative estimate of drug-likeness (QED) is 0.639. The molecule has 3 rings (SSSR count). The Morgan fingerprint density at radius 1 is 1.07 bits per heavy atom. The van der Waals surface area contributed by atoms with E-state index in [1.165, 1.54) is 24.3 Å². The van der Waals surface area contributed by atoms with Crippen LogP contribution in [0.15, 0.2) is 57.7 Å². The second-order valence-electron chi connectivity index (χ2n) is 5.66. The number of esters is 1. The molecule has 0 aliphatic carbocycles. The first kappa shape index (κ1) is 19.0. The summed E-state index contributed by atoms with van der Waals surface area (Å²) in [6.07, 6.45) is -1.47. The number of halogens is 2. The standard InChI is InChI=1S/C18H13F2N3O5/c19-12-5-1-10(2-6-12)15(16(21)25)27-14(24)9-23-18(26)28-17(22-23)11-3-7-13(20)8-4-11/h1-8,15H,9H2,(H2,21,25). The van der Waals surface area contributed by atoms with E-state index < -0.39 is 41.9 Å². The Balaban J connectivity index is 1.75. The zero-order valence-corrected chi connectivity index (χ0v) is 14.2.